The summed E-state index contributed by atoms with van der Waals surface area (Å²) in [5.41, 5.74) is 0. The zero-order chi connectivity index (χ0) is 7.65. The van der Waals surface area contributed by atoms with Crippen LogP contribution in [-0.4, -0.2) is 25.1 Å². The number of aliphatic carboxylic acids is 1. The molecule has 4 nitrogen and oxygen atoms in total. The molecule has 0 aliphatic rings. The van der Waals surface area contributed by atoms with Crippen molar-refractivity contribution in [2.24, 2.45) is 0 Å². The van der Waals surface area contributed by atoms with E-state index in [0.29, 0.717) is 0 Å². The highest BCUT2D eigenvalue weighted by atomic mass is 32.2. The first-order chi connectivity index (χ1) is 3.89. The third-order valence-electron chi connectivity index (χ3n) is 0.458. The van der Waals surface area contributed by atoms with Crippen molar-refractivity contribution in [1.29, 1.82) is 0 Å². The zero-order valence-electron chi connectivity index (χ0n) is 3.84. The number of halogens is 2. The molecule has 0 saturated heterocycles. The largest absolute Gasteiger partial charge is 0.767 e. The Bertz CT molecular complexity index is 139. The Morgan fingerprint density at radius 3 is 2.00 bits per heavy atom. The second-order valence-electron chi connectivity index (χ2n) is 1.06. The van der Waals surface area contributed by atoms with E-state index in [0.717, 1.165) is 0 Å². The molecule has 0 aromatic heterocycles. The van der Waals surface area contributed by atoms with Crippen LogP contribution in [0.1, 0.15) is 0 Å². The van der Waals surface area contributed by atoms with Crippen LogP contribution in [0.3, 0.4) is 0 Å². The Labute approximate surface area is 50.8 Å². The predicted octanol–water partition coefficient (Wildman–Crippen LogP) is -0.457. The van der Waals surface area contributed by atoms with E-state index in [1.807, 2.05) is 0 Å². The van der Waals surface area contributed by atoms with E-state index in [9.17, 15) is 22.3 Å². The minimum Gasteiger partial charge on any atom is -0.767 e. The normalized spacial score (nSPS) is 15.0. The maximum Gasteiger partial charge on any atom is 0.403 e. The standard InChI is InChI=1S/C2H2F2O4S/c3-2(4,1(5)6)9(7)8/h(H,5,6)(H,7,8)/p-1. The minimum absolute atomic E-state index is 2.67. The highest BCUT2D eigenvalue weighted by Gasteiger charge is 2.40. The molecule has 0 aliphatic carbocycles. The number of alkyl halides is 2. The fourth-order valence-electron chi connectivity index (χ4n) is 0.0713. The van der Waals surface area contributed by atoms with Crippen molar-refractivity contribution < 1.29 is 27.4 Å². The zero-order valence-corrected chi connectivity index (χ0v) is 4.65. The molecule has 0 aliphatic heterocycles. The van der Waals surface area contributed by atoms with Crippen LogP contribution in [-0.2, 0) is 15.9 Å². The maximum atomic E-state index is 11.5. The molecule has 1 N–H and O–H groups in total. The summed E-state index contributed by atoms with van der Waals surface area (Å²) in [6.07, 6.45) is 0. The fourth-order valence-corrected chi connectivity index (χ4v) is 0.214. The van der Waals surface area contributed by atoms with Gasteiger partial charge in [0.15, 0.2) is 0 Å². The average molecular weight is 159 g/mol. The number of hydrogen-bond acceptors (Lipinski definition) is 3. The summed E-state index contributed by atoms with van der Waals surface area (Å²) in [6, 6.07) is 0. The lowest BCUT2D eigenvalue weighted by molar-refractivity contribution is -0.153. The molecule has 0 bridgehead atoms. The Kier molecular flexibility index (Phi) is 2.21. The molecule has 0 aromatic carbocycles. The number of carboxylic acid groups (broad SMARTS) is 1. The number of carbonyl (C=O) groups is 1. The monoisotopic (exact) mass is 159 g/mol. The van der Waals surface area contributed by atoms with E-state index in [2.05, 4.69) is 0 Å². The summed E-state index contributed by atoms with van der Waals surface area (Å²) in [4.78, 5) is 9.32. The van der Waals surface area contributed by atoms with Gasteiger partial charge < -0.3 is 9.66 Å². The van der Waals surface area contributed by atoms with E-state index in [-0.39, 0.29) is 0 Å². The molecule has 0 amide bonds. The fraction of sp³-hybridized carbons (Fsp3) is 0.500. The van der Waals surface area contributed by atoms with Gasteiger partial charge in [0.1, 0.15) is 0 Å². The lowest BCUT2D eigenvalue weighted by atomic mass is 10.7. The second kappa shape index (κ2) is 2.36. The van der Waals surface area contributed by atoms with Gasteiger partial charge in [-0.05, 0) is 0 Å². The van der Waals surface area contributed by atoms with E-state index in [4.69, 9.17) is 5.11 Å². The molecule has 0 saturated carbocycles. The van der Waals surface area contributed by atoms with Crippen molar-refractivity contribution in [3.05, 3.63) is 0 Å². The third-order valence-corrected chi connectivity index (χ3v) is 1.05. The van der Waals surface area contributed by atoms with E-state index >= 15 is 0 Å². The van der Waals surface area contributed by atoms with Crippen LogP contribution < -0.4 is 0 Å². The van der Waals surface area contributed by atoms with Gasteiger partial charge in [0, 0.05) is 11.1 Å². The number of hydrogen-bond donors (Lipinski definition) is 1. The van der Waals surface area contributed by atoms with Crippen LogP contribution >= 0.6 is 0 Å². The van der Waals surface area contributed by atoms with Crippen LogP contribution in [0.2, 0.25) is 0 Å². The van der Waals surface area contributed by atoms with Gasteiger partial charge in [-0.3, -0.25) is 4.21 Å². The van der Waals surface area contributed by atoms with Gasteiger partial charge in [-0.1, -0.05) is 0 Å². The quantitative estimate of drug-likeness (QED) is 0.553. The number of carboxylic acids is 1. The van der Waals surface area contributed by atoms with E-state index in [1.54, 1.807) is 0 Å². The summed E-state index contributed by atoms with van der Waals surface area (Å²) in [6.45, 7) is 0. The van der Waals surface area contributed by atoms with Crippen LogP contribution in [0.25, 0.3) is 0 Å². The van der Waals surface area contributed by atoms with E-state index < -0.39 is 22.3 Å². The number of rotatable bonds is 2. The van der Waals surface area contributed by atoms with Crippen LogP contribution in [0.4, 0.5) is 8.78 Å². The maximum absolute atomic E-state index is 11.5. The summed E-state index contributed by atoms with van der Waals surface area (Å²) < 4.78 is 41.6. The van der Waals surface area contributed by atoms with Crippen molar-refractivity contribution >= 4 is 17.0 Å². The van der Waals surface area contributed by atoms with Gasteiger partial charge >= 0.3 is 11.2 Å². The van der Waals surface area contributed by atoms with Crippen molar-refractivity contribution in [2.45, 2.75) is 5.25 Å². The van der Waals surface area contributed by atoms with Crippen molar-refractivity contribution in [3.8, 4) is 0 Å². The van der Waals surface area contributed by atoms with Gasteiger partial charge in [0.05, 0.1) is 0 Å². The molecule has 0 fully saturated rings. The molecule has 0 spiro atoms. The van der Waals surface area contributed by atoms with Gasteiger partial charge in [-0.15, -0.1) is 0 Å². The summed E-state index contributed by atoms with van der Waals surface area (Å²) >= 11 is -3.89. The highest BCUT2D eigenvalue weighted by Crippen LogP contribution is 2.15. The van der Waals surface area contributed by atoms with Gasteiger partial charge in [-0.25, -0.2) is 4.79 Å². The van der Waals surface area contributed by atoms with Crippen LogP contribution in [0, 0.1) is 0 Å². The molecule has 0 aromatic rings. The molecular weight excluding hydrogens is 158 g/mol. The molecule has 1 unspecified atom stereocenters. The third kappa shape index (κ3) is 1.68. The first kappa shape index (κ1) is 8.44. The van der Waals surface area contributed by atoms with Gasteiger partial charge in [-0.2, -0.15) is 8.78 Å². The molecule has 7 heteroatoms. The first-order valence-corrected chi connectivity index (χ1v) is 2.67. The lowest BCUT2D eigenvalue weighted by Gasteiger charge is -2.12. The molecular formula is C2HF2O4S-. The predicted molar refractivity (Wildman–Crippen MR) is 21.5 cm³/mol. The van der Waals surface area contributed by atoms with Crippen molar-refractivity contribution in [2.75, 3.05) is 0 Å². The molecule has 54 valence electrons. The Morgan fingerprint density at radius 1 is 1.67 bits per heavy atom. The van der Waals surface area contributed by atoms with Gasteiger partial charge in [0.2, 0.25) is 0 Å². The SMILES string of the molecule is O=C(O)C(F)(F)S(=O)[O-]. The lowest BCUT2D eigenvalue weighted by Crippen LogP contribution is -2.32. The summed E-state index contributed by atoms with van der Waals surface area (Å²) in [5.74, 6) is -2.67. The van der Waals surface area contributed by atoms with Gasteiger partial charge in [0.25, 0.3) is 0 Å². The van der Waals surface area contributed by atoms with Crippen molar-refractivity contribution in [3.63, 3.8) is 0 Å². The Balaban J connectivity index is 4.38. The molecule has 0 rings (SSSR count). The second-order valence-corrected chi connectivity index (χ2v) is 2.04. The summed E-state index contributed by atoms with van der Waals surface area (Å²) in [5, 5.41) is 2.80. The molecule has 1 atom stereocenters. The minimum atomic E-state index is -4.67. The molecule has 0 heterocycles. The van der Waals surface area contributed by atoms with Crippen molar-refractivity contribution in [1.82, 2.24) is 0 Å². The smallest absolute Gasteiger partial charge is 0.403 e. The molecule has 9 heavy (non-hydrogen) atoms. The molecule has 0 radical (unpaired) electrons. The first-order valence-electron chi connectivity index (χ1n) is 1.59. The Morgan fingerprint density at radius 2 is 2.00 bits per heavy atom. The topological polar surface area (TPSA) is 77.4 Å². The highest BCUT2D eigenvalue weighted by molar-refractivity contribution is 7.81. The summed E-state index contributed by atoms with van der Waals surface area (Å²) in [7, 11) is 0. The average Bonchev–Trinajstić information content (AvgIpc) is 1.65. The van der Waals surface area contributed by atoms with E-state index in [1.165, 1.54) is 0 Å². The Hall–Kier alpha value is -0.560. The van der Waals surface area contributed by atoms with Crippen LogP contribution in [0.5, 0.6) is 0 Å². The van der Waals surface area contributed by atoms with Crippen LogP contribution in [0.15, 0.2) is 0 Å².